The van der Waals surface area contributed by atoms with E-state index in [9.17, 15) is 4.79 Å². The predicted molar refractivity (Wildman–Crippen MR) is 77.3 cm³/mol. The minimum Gasteiger partial charge on any atom is -0.486 e. The van der Waals surface area contributed by atoms with E-state index in [2.05, 4.69) is 5.32 Å². The van der Waals surface area contributed by atoms with Crippen LogP contribution in [0.4, 0.5) is 5.69 Å². The molecule has 20 heavy (non-hydrogen) atoms. The molecule has 3 rings (SSSR count). The Kier molecular flexibility index (Phi) is 3.58. The van der Waals surface area contributed by atoms with Crippen molar-refractivity contribution in [3.05, 3.63) is 40.6 Å². The van der Waals surface area contributed by atoms with Crippen LogP contribution in [0.2, 0.25) is 0 Å². The van der Waals surface area contributed by atoms with Gasteiger partial charge in [-0.1, -0.05) is 6.07 Å². The molecule has 1 aliphatic rings. The Hall–Kier alpha value is -2.05. The predicted octanol–water partition coefficient (Wildman–Crippen LogP) is 2.16. The van der Waals surface area contributed by atoms with Crippen LogP contribution in [0.1, 0.15) is 10.9 Å². The minimum absolute atomic E-state index is 0.246. The minimum atomic E-state index is -0.664. The Morgan fingerprint density at radius 1 is 1.25 bits per heavy atom. The molecule has 0 saturated carbocycles. The van der Waals surface area contributed by atoms with Gasteiger partial charge in [-0.25, -0.2) is 0 Å². The summed E-state index contributed by atoms with van der Waals surface area (Å²) >= 11 is 1.46. The Morgan fingerprint density at radius 3 is 2.80 bits per heavy atom. The first-order valence-electron chi connectivity index (χ1n) is 6.23. The first-order chi connectivity index (χ1) is 9.74. The summed E-state index contributed by atoms with van der Waals surface area (Å²) < 4.78 is 10.9. The number of nitrogens with two attached hydrogens (primary N) is 1. The number of amides is 1. The lowest BCUT2D eigenvalue weighted by Gasteiger charge is -2.19. The fourth-order valence-electron chi connectivity index (χ4n) is 1.94. The molecule has 1 amide bonds. The lowest BCUT2D eigenvalue weighted by molar-refractivity contribution is -0.117. The fourth-order valence-corrected chi connectivity index (χ4v) is 2.66. The highest BCUT2D eigenvalue weighted by Crippen LogP contribution is 2.32. The van der Waals surface area contributed by atoms with Crippen LogP contribution < -0.4 is 20.5 Å². The highest BCUT2D eigenvalue weighted by Gasteiger charge is 2.18. The number of carbonyl (C=O) groups is 1. The SMILES string of the molecule is NC(C(=O)Nc1ccc2c(c1)OCCO2)c1cccs1. The van der Waals surface area contributed by atoms with E-state index in [1.807, 2.05) is 17.5 Å². The summed E-state index contributed by atoms with van der Waals surface area (Å²) in [5, 5.41) is 4.68. The molecule has 0 saturated heterocycles. The number of hydrogen-bond acceptors (Lipinski definition) is 5. The molecule has 1 aromatic heterocycles. The van der Waals surface area contributed by atoms with Crippen LogP contribution in [0, 0.1) is 0 Å². The van der Waals surface area contributed by atoms with Crippen LogP contribution in [0.25, 0.3) is 0 Å². The summed E-state index contributed by atoms with van der Waals surface area (Å²) in [4.78, 5) is 12.9. The van der Waals surface area contributed by atoms with E-state index in [4.69, 9.17) is 15.2 Å². The molecule has 104 valence electrons. The quantitative estimate of drug-likeness (QED) is 0.908. The van der Waals surface area contributed by atoms with E-state index in [1.165, 1.54) is 11.3 Å². The number of rotatable bonds is 3. The molecule has 5 nitrogen and oxygen atoms in total. The second kappa shape index (κ2) is 5.52. The molecule has 2 heterocycles. The number of thiophene rings is 1. The van der Waals surface area contributed by atoms with E-state index in [1.54, 1.807) is 18.2 Å². The normalized spacial score (nSPS) is 14.7. The number of fused-ring (bicyclic) bond motifs is 1. The summed E-state index contributed by atoms with van der Waals surface area (Å²) in [5.41, 5.74) is 6.56. The van der Waals surface area contributed by atoms with Gasteiger partial charge in [-0.2, -0.15) is 0 Å². The van der Waals surface area contributed by atoms with Crippen LogP contribution in [-0.4, -0.2) is 19.1 Å². The van der Waals surface area contributed by atoms with Crippen molar-refractivity contribution in [2.75, 3.05) is 18.5 Å². The number of nitrogens with one attached hydrogen (secondary N) is 1. The summed E-state index contributed by atoms with van der Waals surface area (Å²) in [7, 11) is 0. The number of carbonyl (C=O) groups excluding carboxylic acids is 1. The molecule has 0 radical (unpaired) electrons. The molecular weight excluding hydrogens is 276 g/mol. The van der Waals surface area contributed by atoms with Crippen molar-refractivity contribution >= 4 is 22.9 Å². The van der Waals surface area contributed by atoms with Gasteiger partial charge in [0.05, 0.1) is 0 Å². The standard InChI is InChI=1S/C14H14N2O3S/c15-13(12-2-1-7-20-12)14(17)16-9-3-4-10-11(8-9)19-6-5-18-10/h1-4,7-8,13H,5-6,15H2,(H,16,17). The second-order valence-electron chi connectivity index (χ2n) is 4.34. The molecule has 1 aromatic carbocycles. The Balaban J connectivity index is 1.73. The van der Waals surface area contributed by atoms with Crippen molar-refractivity contribution in [3.8, 4) is 11.5 Å². The van der Waals surface area contributed by atoms with E-state index in [-0.39, 0.29) is 5.91 Å². The monoisotopic (exact) mass is 290 g/mol. The molecule has 0 fully saturated rings. The van der Waals surface area contributed by atoms with Gasteiger partial charge in [0.15, 0.2) is 11.5 Å². The molecule has 2 aromatic rings. The van der Waals surface area contributed by atoms with Crippen LogP contribution in [-0.2, 0) is 4.79 Å². The number of benzene rings is 1. The molecular formula is C14H14N2O3S. The third kappa shape index (κ3) is 2.61. The first-order valence-corrected chi connectivity index (χ1v) is 7.11. The smallest absolute Gasteiger partial charge is 0.246 e. The zero-order valence-corrected chi connectivity index (χ0v) is 11.5. The molecule has 1 aliphatic heterocycles. The third-order valence-corrected chi connectivity index (χ3v) is 3.90. The van der Waals surface area contributed by atoms with Crippen molar-refractivity contribution in [2.24, 2.45) is 5.73 Å². The zero-order chi connectivity index (χ0) is 13.9. The molecule has 0 aliphatic carbocycles. The second-order valence-corrected chi connectivity index (χ2v) is 5.32. The maximum absolute atomic E-state index is 12.1. The van der Waals surface area contributed by atoms with Crippen molar-refractivity contribution < 1.29 is 14.3 Å². The van der Waals surface area contributed by atoms with Crippen molar-refractivity contribution in [1.82, 2.24) is 0 Å². The fraction of sp³-hybridized carbons (Fsp3) is 0.214. The Labute approximate surface area is 120 Å². The van der Waals surface area contributed by atoms with Gasteiger partial charge >= 0.3 is 0 Å². The first kappa shape index (κ1) is 13.0. The molecule has 0 spiro atoms. The highest BCUT2D eigenvalue weighted by atomic mass is 32.1. The van der Waals surface area contributed by atoms with Gasteiger partial charge in [0, 0.05) is 16.6 Å². The van der Waals surface area contributed by atoms with E-state index in [0.717, 1.165) is 4.88 Å². The Morgan fingerprint density at radius 2 is 2.05 bits per heavy atom. The average molecular weight is 290 g/mol. The summed E-state index contributed by atoms with van der Waals surface area (Å²) in [6.07, 6.45) is 0. The van der Waals surface area contributed by atoms with Gasteiger partial charge in [-0.15, -0.1) is 11.3 Å². The van der Waals surface area contributed by atoms with Gasteiger partial charge in [0.1, 0.15) is 19.3 Å². The van der Waals surface area contributed by atoms with Crippen LogP contribution in [0.3, 0.4) is 0 Å². The lowest BCUT2D eigenvalue weighted by atomic mass is 10.2. The van der Waals surface area contributed by atoms with E-state index in [0.29, 0.717) is 30.4 Å². The van der Waals surface area contributed by atoms with E-state index >= 15 is 0 Å². The highest BCUT2D eigenvalue weighted by molar-refractivity contribution is 7.10. The lowest BCUT2D eigenvalue weighted by Crippen LogP contribution is -2.27. The van der Waals surface area contributed by atoms with Crippen LogP contribution >= 0.6 is 11.3 Å². The van der Waals surface area contributed by atoms with Crippen LogP contribution in [0.15, 0.2) is 35.7 Å². The molecule has 6 heteroatoms. The molecule has 1 atom stereocenters. The number of hydrogen-bond donors (Lipinski definition) is 2. The molecule has 3 N–H and O–H groups in total. The summed E-state index contributed by atoms with van der Waals surface area (Å²) in [6, 6.07) is 8.35. The van der Waals surface area contributed by atoms with Gasteiger partial charge < -0.3 is 20.5 Å². The van der Waals surface area contributed by atoms with Gasteiger partial charge in [-0.05, 0) is 23.6 Å². The van der Waals surface area contributed by atoms with E-state index < -0.39 is 6.04 Å². The molecule has 1 unspecified atom stereocenters. The van der Waals surface area contributed by atoms with Crippen molar-refractivity contribution in [1.29, 1.82) is 0 Å². The van der Waals surface area contributed by atoms with Gasteiger partial charge in [0.25, 0.3) is 0 Å². The van der Waals surface area contributed by atoms with Crippen molar-refractivity contribution in [2.45, 2.75) is 6.04 Å². The summed E-state index contributed by atoms with van der Waals surface area (Å²) in [5.74, 6) is 1.08. The number of ether oxygens (including phenoxy) is 2. The maximum Gasteiger partial charge on any atom is 0.246 e. The average Bonchev–Trinajstić information content (AvgIpc) is 3.00. The topological polar surface area (TPSA) is 73.6 Å². The third-order valence-electron chi connectivity index (χ3n) is 2.94. The molecule has 0 bridgehead atoms. The Bertz CT molecular complexity index is 613. The largest absolute Gasteiger partial charge is 0.486 e. The van der Waals surface area contributed by atoms with Crippen LogP contribution in [0.5, 0.6) is 11.5 Å². The van der Waals surface area contributed by atoms with Crippen molar-refractivity contribution in [3.63, 3.8) is 0 Å². The van der Waals surface area contributed by atoms with Gasteiger partial charge in [-0.3, -0.25) is 4.79 Å². The number of anilines is 1. The maximum atomic E-state index is 12.1. The zero-order valence-electron chi connectivity index (χ0n) is 10.7. The summed E-state index contributed by atoms with van der Waals surface area (Å²) in [6.45, 7) is 1.06. The van der Waals surface area contributed by atoms with Gasteiger partial charge in [0.2, 0.25) is 5.91 Å².